The van der Waals surface area contributed by atoms with E-state index in [0.717, 1.165) is 25.3 Å². The molecule has 1 aromatic carbocycles. The Morgan fingerprint density at radius 1 is 1.39 bits per heavy atom. The molecule has 1 saturated carbocycles. The fourth-order valence-electron chi connectivity index (χ4n) is 2.33. The van der Waals surface area contributed by atoms with Gasteiger partial charge in [0, 0.05) is 13.2 Å². The molecular formula is C13H17NO4. The summed E-state index contributed by atoms with van der Waals surface area (Å²) in [5, 5.41) is 21.6. The number of aromatic hydroxyl groups is 2. The van der Waals surface area contributed by atoms with Crippen LogP contribution in [0, 0.1) is 0 Å². The lowest BCUT2D eigenvalue weighted by Gasteiger charge is -2.19. The molecule has 0 radical (unpaired) electrons. The van der Waals surface area contributed by atoms with Crippen molar-refractivity contribution in [3.63, 3.8) is 0 Å². The number of methoxy groups -OCH3 is 1. The predicted molar refractivity (Wildman–Crippen MR) is 65.7 cm³/mol. The molecule has 2 unspecified atom stereocenters. The van der Waals surface area contributed by atoms with E-state index in [1.54, 1.807) is 7.11 Å². The third-order valence-corrected chi connectivity index (χ3v) is 3.30. The van der Waals surface area contributed by atoms with Gasteiger partial charge in [-0.05, 0) is 31.4 Å². The van der Waals surface area contributed by atoms with Crippen LogP contribution in [0.25, 0.3) is 0 Å². The SMILES string of the molecule is COC1CCCC1NC(=O)c1ccc(O)cc1O. The normalized spacial score (nSPS) is 22.9. The summed E-state index contributed by atoms with van der Waals surface area (Å²) in [6, 6.07) is 3.90. The molecule has 2 atom stereocenters. The minimum absolute atomic E-state index is 0.0179. The number of amides is 1. The summed E-state index contributed by atoms with van der Waals surface area (Å²) in [7, 11) is 1.63. The number of nitrogens with one attached hydrogen (secondary N) is 1. The monoisotopic (exact) mass is 251 g/mol. The Hall–Kier alpha value is -1.75. The molecule has 1 fully saturated rings. The van der Waals surface area contributed by atoms with Crippen LogP contribution in [0.3, 0.4) is 0 Å². The van der Waals surface area contributed by atoms with E-state index >= 15 is 0 Å². The Bertz CT molecular complexity index is 447. The minimum Gasteiger partial charge on any atom is -0.508 e. The summed E-state index contributed by atoms with van der Waals surface area (Å²) in [4.78, 5) is 12.0. The zero-order valence-electron chi connectivity index (χ0n) is 10.2. The lowest BCUT2D eigenvalue weighted by atomic mass is 10.1. The molecule has 98 valence electrons. The molecule has 5 heteroatoms. The van der Waals surface area contributed by atoms with Gasteiger partial charge < -0.3 is 20.3 Å². The van der Waals surface area contributed by atoms with Gasteiger partial charge in [0.15, 0.2) is 0 Å². The summed E-state index contributed by atoms with van der Waals surface area (Å²) in [6.07, 6.45) is 2.87. The Balaban J connectivity index is 2.07. The highest BCUT2D eigenvalue weighted by Crippen LogP contribution is 2.25. The molecule has 0 heterocycles. The Kier molecular flexibility index (Phi) is 3.72. The molecule has 0 aromatic heterocycles. The van der Waals surface area contributed by atoms with E-state index < -0.39 is 0 Å². The second-order valence-electron chi connectivity index (χ2n) is 4.49. The molecule has 0 spiro atoms. The van der Waals surface area contributed by atoms with Crippen molar-refractivity contribution in [2.24, 2.45) is 0 Å². The van der Waals surface area contributed by atoms with E-state index in [-0.39, 0.29) is 35.1 Å². The zero-order valence-corrected chi connectivity index (χ0v) is 10.2. The van der Waals surface area contributed by atoms with Crippen LogP contribution in [0.1, 0.15) is 29.6 Å². The maximum Gasteiger partial charge on any atom is 0.255 e. The maximum atomic E-state index is 12.0. The first kappa shape index (κ1) is 12.7. The third kappa shape index (κ3) is 2.56. The summed E-state index contributed by atoms with van der Waals surface area (Å²) in [5.74, 6) is -0.638. The van der Waals surface area contributed by atoms with Crippen LogP contribution in [0.2, 0.25) is 0 Å². The van der Waals surface area contributed by atoms with Crippen LogP contribution >= 0.6 is 0 Å². The molecule has 0 aliphatic heterocycles. The second kappa shape index (κ2) is 5.27. The van der Waals surface area contributed by atoms with Crippen LogP contribution in [0.5, 0.6) is 11.5 Å². The van der Waals surface area contributed by atoms with Crippen molar-refractivity contribution < 1.29 is 19.7 Å². The highest BCUT2D eigenvalue weighted by molar-refractivity contribution is 5.97. The van der Waals surface area contributed by atoms with Gasteiger partial charge in [-0.2, -0.15) is 0 Å². The summed E-state index contributed by atoms with van der Waals surface area (Å²) >= 11 is 0. The van der Waals surface area contributed by atoms with Gasteiger partial charge >= 0.3 is 0 Å². The van der Waals surface area contributed by atoms with Crippen LogP contribution in [-0.2, 0) is 4.74 Å². The van der Waals surface area contributed by atoms with Gasteiger partial charge in [-0.15, -0.1) is 0 Å². The Labute approximate surface area is 105 Å². The van der Waals surface area contributed by atoms with Gasteiger partial charge in [0.05, 0.1) is 17.7 Å². The quantitative estimate of drug-likeness (QED) is 0.758. The average Bonchev–Trinajstić information content (AvgIpc) is 2.76. The number of hydrogen-bond acceptors (Lipinski definition) is 4. The standard InChI is InChI=1S/C13H17NO4/c1-18-12-4-2-3-10(12)14-13(17)9-6-5-8(15)7-11(9)16/h5-7,10,12,15-16H,2-4H2,1H3,(H,14,17). The van der Waals surface area contributed by atoms with E-state index in [9.17, 15) is 15.0 Å². The molecule has 2 rings (SSSR count). The fraction of sp³-hybridized carbons (Fsp3) is 0.462. The van der Waals surface area contributed by atoms with Crippen molar-refractivity contribution in [2.45, 2.75) is 31.4 Å². The number of hydrogen-bond donors (Lipinski definition) is 3. The molecule has 3 N–H and O–H groups in total. The first-order valence-corrected chi connectivity index (χ1v) is 5.97. The van der Waals surface area contributed by atoms with E-state index in [2.05, 4.69) is 5.32 Å². The van der Waals surface area contributed by atoms with Gasteiger partial charge in [-0.25, -0.2) is 0 Å². The minimum atomic E-state index is -0.346. The molecule has 5 nitrogen and oxygen atoms in total. The van der Waals surface area contributed by atoms with Crippen LogP contribution in [-0.4, -0.2) is 35.4 Å². The van der Waals surface area contributed by atoms with Crippen molar-refractivity contribution in [1.82, 2.24) is 5.32 Å². The molecule has 1 amide bonds. The van der Waals surface area contributed by atoms with Gasteiger partial charge in [-0.3, -0.25) is 4.79 Å². The fourth-order valence-corrected chi connectivity index (χ4v) is 2.33. The van der Waals surface area contributed by atoms with Crippen molar-refractivity contribution in [3.05, 3.63) is 23.8 Å². The van der Waals surface area contributed by atoms with E-state index in [1.165, 1.54) is 12.1 Å². The molecule has 1 aromatic rings. The molecule has 1 aliphatic carbocycles. The maximum absolute atomic E-state index is 12.0. The van der Waals surface area contributed by atoms with Crippen LogP contribution in [0.4, 0.5) is 0 Å². The average molecular weight is 251 g/mol. The first-order valence-electron chi connectivity index (χ1n) is 5.97. The van der Waals surface area contributed by atoms with E-state index in [4.69, 9.17) is 4.74 Å². The highest BCUT2D eigenvalue weighted by Gasteiger charge is 2.29. The number of rotatable bonds is 3. The third-order valence-electron chi connectivity index (χ3n) is 3.30. The zero-order chi connectivity index (χ0) is 13.1. The summed E-state index contributed by atoms with van der Waals surface area (Å²) in [6.45, 7) is 0. The molecule has 18 heavy (non-hydrogen) atoms. The van der Waals surface area contributed by atoms with Crippen molar-refractivity contribution >= 4 is 5.91 Å². The van der Waals surface area contributed by atoms with Gasteiger partial charge in [0.1, 0.15) is 11.5 Å². The van der Waals surface area contributed by atoms with Gasteiger partial charge in [0.2, 0.25) is 0 Å². The van der Waals surface area contributed by atoms with Crippen molar-refractivity contribution in [3.8, 4) is 11.5 Å². The molecule has 1 aliphatic rings. The van der Waals surface area contributed by atoms with Crippen molar-refractivity contribution in [2.75, 3.05) is 7.11 Å². The molecule has 0 bridgehead atoms. The molecular weight excluding hydrogens is 234 g/mol. The first-order chi connectivity index (χ1) is 8.61. The van der Waals surface area contributed by atoms with E-state index in [1.807, 2.05) is 0 Å². The van der Waals surface area contributed by atoms with Crippen LogP contribution < -0.4 is 5.32 Å². The number of phenolic OH excluding ortho intramolecular Hbond substituents is 2. The smallest absolute Gasteiger partial charge is 0.255 e. The van der Waals surface area contributed by atoms with Gasteiger partial charge in [-0.1, -0.05) is 0 Å². The lowest BCUT2D eigenvalue weighted by molar-refractivity contribution is 0.0720. The van der Waals surface area contributed by atoms with Crippen LogP contribution in [0.15, 0.2) is 18.2 Å². The summed E-state index contributed by atoms with van der Waals surface area (Å²) in [5.41, 5.74) is 0.162. The van der Waals surface area contributed by atoms with Gasteiger partial charge in [0.25, 0.3) is 5.91 Å². The highest BCUT2D eigenvalue weighted by atomic mass is 16.5. The Morgan fingerprint density at radius 2 is 2.17 bits per heavy atom. The Morgan fingerprint density at radius 3 is 2.83 bits per heavy atom. The van der Waals surface area contributed by atoms with E-state index in [0.29, 0.717) is 0 Å². The number of ether oxygens (including phenoxy) is 1. The van der Waals surface area contributed by atoms with Crippen molar-refractivity contribution in [1.29, 1.82) is 0 Å². The molecule has 0 saturated heterocycles. The summed E-state index contributed by atoms with van der Waals surface area (Å²) < 4.78 is 5.29. The second-order valence-corrected chi connectivity index (χ2v) is 4.49. The largest absolute Gasteiger partial charge is 0.508 e. The number of carbonyl (C=O) groups is 1. The number of phenols is 2. The predicted octanol–water partition coefficient (Wildman–Crippen LogP) is 1.40. The number of carbonyl (C=O) groups excluding carboxylic acids is 1. The topological polar surface area (TPSA) is 78.8 Å². The number of benzene rings is 1. The lowest BCUT2D eigenvalue weighted by Crippen LogP contribution is -2.40.